The lowest BCUT2D eigenvalue weighted by molar-refractivity contribution is 0.00572. The van der Waals surface area contributed by atoms with Crippen molar-refractivity contribution in [2.45, 2.75) is 32.5 Å². The van der Waals surface area contributed by atoms with Gasteiger partial charge in [-0.25, -0.2) is 9.59 Å². The summed E-state index contributed by atoms with van der Waals surface area (Å²) in [6, 6.07) is 3.99. The molecule has 0 saturated heterocycles. The lowest BCUT2D eigenvalue weighted by atomic mass is 9.99. The number of rotatable bonds is 7. The first-order valence-corrected chi connectivity index (χ1v) is 6.20. The van der Waals surface area contributed by atoms with E-state index in [9.17, 15) is 9.59 Å². The van der Waals surface area contributed by atoms with E-state index in [2.05, 4.69) is 0 Å². The summed E-state index contributed by atoms with van der Waals surface area (Å²) in [4.78, 5) is 22.0. The van der Waals surface area contributed by atoms with Gasteiger partial charge in [0.2, 0.25) is 0 Å². The average Bonchev–Trinajstić information content (AvgIpc) is 2.36. The predicted octanol–water partition coefficient (Wildman–Crippen LogP) is 1.41. The Morgan fingerprint density at radius 2 is 1.85 bits per heavy atom. The molecule has 0 spiro atoms. The average molecular weight is 282 g/mol. The molecule has 3 N–H and O–H groups in total. The Bertz CT molecular complexity index is 494. The van der Waals surface area contributed by atoms with E-state index >= 15 is 0 Å². The summed E-state index contributed by atoms with van der Waals surface area (Å²) in [7, 11) is 0. The number of carboxylic acid groups (broad SMARTS) is 2. The predicted molar refractivity (Wildman–Crippen MR) is 71.2 cm³/mol. The maximum Gasteiger partial charge on any atom is 0.335 e. The van der Waals surface area contributed by atoms with E-state index in [1.807, 2.05) is 0 Å². The molecule has 0 aliphatic heterocycles. The third-order valence-corrected chi connectivity index (χ3v) is 2.72. The van der Waals surface area contributed by atoms with E-state index in [4.69, 9.17) is 20.1 Å². The minimum absolute atomic E-state index is 0.0441. The van der Waals surface area contributed by atoms with Gasteiger partial charge >= 0.3 is 11.9 Å². The highest BCUT2D eigenvalue weighted by molar-refractivity contribution is 5.94. The van der Waals surface area contributed by atoms with Crippen LogP contribution < -0.4 is 0 Å². The van der Waals surface area contributed by atoms with Gasteiger partial charge in [-0.05, 0) is 38.0 Å². The topological polar surface area (TPSA) is 104 Å². The second kappa shape index (κ2) is 7.02. The Kier molecular flexibility index (Phi) is 5.66. The molecule has 1 aromatic rings. The summed E-state index contributed by atoms with van der Waals surface area (Å²) in [5, 5.41) is 27.1. The van der Waals surface area contributed by atoms with Crippen molar-refractivity contribution in [2.75, 3.05) is 6.61 Å². The van der Waals surface area contributed by atoms with Crippen LogP contribution in [0.5, 0.6) is 0 Å². The lowest BCUT2D eigenvalue weighted by Crippen LogP contribution is -2.20. The van der Waals surface area contributed by atoms with Gasteiger partial charge in [0.25, 0.3) is 0 Å². The van der Waals surface area contributed by atoms with E-state index < -0.39 is 18.0 Å². The Morgan fingerprint density at radius 3 is 2.35 bits per heavy atom. The zero-order valence-electron chi connectivity index (χ0n) is 11.4. The van der Waals surface area contributed by atoms with Crippen molar-refractivity contribution in [3.8, 4) is 0 Å². The normalized spacial score (nSPS) is 13.8. The van der Waals surface area contributed by atoms with Crippen molar-refractivity contribution in [1.29, 1.82) is 0 Å². The third-order valence-electron chi connectivity index (χ3n) is 2.72. The molecule has 0 amide bonds. The molecule has 20 heavy (non-hydrogen) atoms. The molecule has 110 valence electrons. The van der Waals surface area contributed by atoms with Crippen LogP contribution in [0.25, 0.3) is 0 Å². The SMILES string of the molecule is CC(O)COC(C)Cc1ccc(C(=O)O)cc1C(=O)O. The van der Waals surface area contributed by atoms with Crippen LogP contribution >= 0.6 is 0 Å². The number of hydrogen-bond donors (Lipinski definition) is 3. The van der Waals surface area contributed by atoms with Crippen LogP contribution in [0.15, 0.2) is 18.2 Å². The molecule has 0 aromatic heterocycles. The lowest BCUT2D eigenvalue weighted by Gasteiger charge is -2.16. The molecule has 0 aliphatic rings. The van der Waals surface area contributed by atoms with Crippen molar-refractivity contribution in [3.05, 3.63) is 34.9 Å². The highest BCUT2D eigenvalue weighted by Crippen LogP contribution is 2.16. The molecular formula is C14H18O6. The second-order valence-corrected chi connectivity index (χ2v) is 4.68. The van der Waals surface area contributed by atoms with Crippen LogP contribution in [0.4, 0.5) is 0 Å². The van der Waals surface area contributed by atoms with Gasteiger partial charge < -0.3 is 20.1 Å². The number of carbonyl (C=O) groups is 2. The summed E-state index contributed by atoms with van der Waals surface area (Å²) < 4.78 is 5.36. The van der Waals surface area contributed by atoms with Gasteiger partial charge in [-0.15, -0.1) is 0 Å². The van der Waals surface area contributed by atoms with Crippen LogP contribution in [-0.2, 0) is 11.2 Å². The fraction of sp³-hybridized carbons (Fsp3) is 0.429. The van der Waals surface area contributed by atoms with Crippen LogP contribution in [0.3, 0.4) is 0 Å². The number of aromatic carboxylic acids is 2. The van der Waals surface area contributed by atoms with E-state index in [1.165, 1.54) is 12.1 Å². The number of aliphatic hydroxyl groups excluding tert-OH is 1. The Hall–Kier alpha value is -1.92. The molecule has 1 aromatic carbocycles. The molecule has 2 atom stereocenters. The van der Waals surface area contributed by atoms with Crippen LogP contribution in [0.1, 0.15) is 40.1 Å². The number of ether oxygens (including phenoxy) is 1. The quantitative estimate of drug-likeness (QED) is 0.698. The van der Waals surface area contributed by atoms with Crippen molar-refractivity contribution in [1.82, 2.24) is 0 Å². The number of benzene rings is 1. The molecule has 6 heteroatoms. The minimum atomic E-state index is -1.18. The fourth-order valence-electron chi connectivity index (χ4n) is 1.76. The molecule has 2 unspecified atom stereocenters. The van der Waals surface area contributed by atoms with E-state index in [-0.39, 0.29) is 23.8 Å². The third kappa shape index (κ3) is 4.64. The summed E-state index contributed by atoms with van der Waals surface area (Å²) in [6.07, 6.45) is -0.544. The van der Waals surface area contributed by atoms with Gasteiger partial charge in [-0.1, -0.05) is 6.07 Å². The first kappa shape index (κ1) is 16.1. The second-order valence-electron chi connectivity index (χ2n) is 4.68. The molecule has 0 radical (unpaired) electrons. The largest absolute Gasteiger partial charge is 0.478 e. The standard InChI is InChI=1S/C14H18O6/c1-8(15)7-20-9(2)5-10-3-4-11(13(16)17)6-12(10)14(18)19/h3-4,6,8-9,15H,5,7H2,1-2H3,(H,16,17)(H,18,19). The van der Waals surface area contributed by atoms with Gasteiger partial charge in [0, 0.05) is 0 Å². The zero-order chi connectivity index (χ0) is 15.3. The van der Waals surface area contributed by atoms with E-state index in [0.717, 1.165) is 6.07 Å². The Balaban J connectivity index is 2.89. The first-order valence-electron chi connectivity index (χ1n) is 6.20. The summed E-state index contributed by atoms with van der Waals surface area (Å²) in [6.45, 7) is 3.52. The monoisotopic (exact) mass is 282 g/mol. The smallest absolute Gasteiger partial charge is 0.335 e. The Labute approximate surface area is 116 Å². The van der Waals surface area contributed by atoms with Crippen molar-refractivity contribution < 1.29 is 29.6 Å². The number of aliphatic hydroxyl groups is 1. The van der Waals surface area contributed by atoms with Crippen molar-refractivity contribution in [2.24, 2.45) is 0 Å². The highest BCUT2D eigenvalue weighted by Gasteiger charge is 2.16. The molecular weight excluding hydrogens is 264 g/mol. The maximum atomic E-state index is 11.2. The van der Waals surface area contributed by atoms with Crippen molar-refractivity contribution >= 4 is 11.9 Å². The Morgan fingerprint density at radius 1 is 1.20 bits per heavy atom. The molecule has 6 nitrogen and oxygen atoms in total. The summed E-state index contributed by atoms with van der Waals surface area (Å²) in [5.41, 5.74) is 0.390. The first-order chi connectivity index (χ1) is 9.31. The van der Waals surface area contributed by atoms with Gasteiger partial charge in [-0.2, -0.15) is 0 Å². The number of hydrogen-bond acceptors (Lipinski definition) is 4. The number of carboxylic acids is 2. The zero-order valence-corrected chi connectivity index (χ0v) is 11.4. The summed E-state index contributed by atoms with van der Waals surface area (Å²) >= 11 is 0. The molecule has 0 heterocycles. The molecule has 1 rings (SSSR count). The van der Waals surface area contributed by atoms with Gasteiger partial charge in [0.05, 0.1) is 29.9 Å². The van der Waals surface area contributed by atoms with Gasteiger partial charge in [0.1, 0.15) is 0 Å². The highest BCUT2D eigenvalue weighted by atomic mass is 16.5. The van der Waals surface area contributed by atoms with E-state index in [0.29, 0.717) is 12.0 Å². The van der Waals surface area contributed by atoms with Gasteiger partial charge in [0.15, 0.2) is 0 Å². The fourth-order valence-corrected chi connectivity index (χ4v) is 1.76. The van der Waals surface area contributed by atoms with Gasteiger partial charge in [-0.3, -0.25) is 0 Å². The molecule has 0 bridgehead atoms. The van der Waals surface area contributed by atoms with Crippen LogP contribution in [0.2, 0.25) is 0 Å². The molecule has 0 saturated carbocycles. The minimum Gasteiger partial charge on any atom is -0.478 e. The van der Waals surface area contributed by atoms with Crippen LogP contribution in [0, 0.1) is 0 Å². The summed E-state index contributed by atoms with van der Waals surface area (Å²) in [5.74, 6) is -2.34. The molecule has 0 aliphatic carbocycles. The molecule has 0 fully saturated rings. The van der Waals surface area contributed by atoms with E-state index in [1.54, 1.807) is 13.8 Å². The maximum absolute atomic E-state index is 11.2. The van der Waals surface area contributed by atoms with Crippen LogP contribution in [-0.4, -0.2) is 46.1 Å². The van der Waals surface area contributed by atoms with Crippen molar-refractivity contribution in [3.63, 3.8) is 0 Å².